The lowest BCUT2D eigenvalue weighted by Gasteiger charge is -2.11. The first-order valence-electron chi connectivity index (χ1n) is 19.9. The van der Waals surface area contributed by atoms with E-state index in [0.717, 1.165) is 16.9 Å². The van der Waals surface area contributed by atoms with Crippen LogP contribution >= 0.6 is 0 Å². The molecule has 1 aliphatic rings. The molecule has 0 atom stereocenters. The van der Waals surface area contributed by atoms with Crippen molar-refractivity contribution >= 4 is 49.2 Å². The van der Waals surface area contributed by atoms with Crippen molar-refractivity contribution in [2.45, 2.75) is 0 Å². The third kappa shape index (κ3) is 4.92. The fraction of sp³-hybridized carbons (Fsp3) is 0. The van der Waals surface area contributed by atoms with E-state index in [0.29, 0.717) is 0 Å². The summed E-state index contributed by atoms with van der Waals surface area (Å²) in [7, 11) is 0. The average molecular weight is 737 g/mol. The first kappa shape index (κ1) is 32.6. The van der Waals surface area contributed by atoms with Gasteiger partial charge in [-0.05, 0) is 122 Å². The first-order valence-corrected chi connectivity index (χ1v) is 19.9. The zero-order valence-corrected chi connectivity index (χ0v) is 31.7. The van der Waals surface area contributed by atoms with Crippen molar-refractivity contribution in [3.63, 3.8) is 0 Å². The third-order valence-corrected chi connectivity index (χ3v) is 12.3. The van der Waals surface area contributed by atoms with Crippen molar-refractivity contribution in [1.82, 2.24) is 9.13 Å². The molecule has 270 valence electrons. The predicted octanol–water partition coefficient (Wildman–Crippen LogP) is 14.9. The van der Waals surface area contributed by atoms with Gasteiger partial charge in [-0.3, -0.25) is 0 Å². The molecule has 0 bridgehead atoms. The van der Waals surface area contributed by atoms with Gasteiger partial charge in [0, 0.05) is 32.9 Å². The number of rotatable bonds is 5. The number of benzene rings is 9. The maximum absolute atomic E-state index is 4.49. The maximum atomic E-state index is 4.49. The van der Waals surface area contributed by atoms with Gasteiger partial charge in [-0.15, -0.1) is 0 Å². The van der Waals surface area contributed by atoms with Crippen LogP contribution in [0.4, 0.5) is 0 Å². The van der Waals surface area contributed by atoms with Gasteiger partial charge in [-0.1, -0.05) is 152 Å². The fourth-order valence-electron chi connectivity index (χ4n) is 9.43. The van der Waals surface area contributed by atoms with Crippen molar-refractivity contribution in [2.75, 3.05) is 0 Å². The Bertz CT molecular complexity index is 3430. The average Bonchev–Trinajstić information content (AvgIpc) is 3.91. The van der Waals surface area contributed by atoms with E-state index in [-0.39, 0.29) is 0 Å². The van der Waals surface area contributed by atoms with Crippen molar-refractivity contribution in [2.24, 2.45) is 0 Å². The van der Waals surface area contributed by atoms with Crippen LogP contribution in [0.25, 0.3) is 105 Å². The summed E-state index contributed by atoms with van der Waals surface area (Å²) in [5.41, 5.74) is 20.4. The summed E-state index contributed by atoms with van der Waals surface area (Å²) < 4.78 is 4.79. The lowest BCUT2D eigenvalue weighted by molar-refractivity contribution is 1.18. The van der Waals surface area contributed by atoms with E-state index in [1.54, 1.807) is 0 Å². The third-order valence-electron chi connectivity index (χ3n) is 12.3. The lowest BCUT2D eigenvalue weighted by Crippen LogP contribution is -1.95. The van der Waals surface area contributed by atoms with Crippen molar-refractivity contribution in [1.29, 1.82) is 0 Å². The molecule has 0 aliphatic heterocycles. The molecule has 0 radical (unpaired) electrons. The highest BCUT2D eigenvalue weighted by Crippen LogP contribution is 2.45. The van der Waals surface area contributed by atoms with Crippen LogP contribution in [0.15, 0.2) is 213 Å². The molecule has 11 aromatic rings. The van der Waals surface area contributed by atoms with E-state index in [9.17, 15) is 0 Å². The molecule has 2 aromatic heterocycles. The van der Waals surface area contributed by atoms with Gasteiger partial charge in [-0.25, -0.2) is 0 Å². The lowest BCUT2D eigenvalue weighted by atomic mass is 9.98. The van der Waals surface area contributed by atoms with Gasteiger partial charge in [0.05, 0.1) is 22.1 Å². The molecule has 9 aromatic carbocycles. The van der Waals surface area contributed by atoms with Gasteiger partial charge in [-0.2, -0.15) is 0 Å². The highest BCUT2D eigenvalue weighted by atomic mass is 15.0. The summed E-state index contributed by atoms with van der Waals surface area (Å²) in [6.45, 7) is 4.49. The van der Waals surface area contributed by atoms with Crippen LogP contribution in [-0.2, 0) is 0 Å². The number of hydrogen-bond donors (Lipinski definition) is 0. The molecule has 2 heteroatoms. The van der Waals surface area contributed by atoms with Gasteiger partial charge >= 0.3 is 0 Å². The second kappa shape index (κ2) is 12.7. The van der Waals surface area contributed by atoms with Crippen LogP contribution in [0, 0.1) is 0 Å². The van der Waals surface area contributed by atoms with E-state index in [2.05, 4.69) is 222 Å². The summed E-state index contributed by atoms with van der Waals surface area (Å²) in [6.07, 6.45) is 0. The highest BCUT2D eigenvalue weighted by molar-refractivity contribution is 6.12. The van der Waals surface area contributed by atoms with Crippen molar-refractivity contribution < 1.29 is 0 Å². The Hall–Kier alpha value is -7.68. The van der Waals surface area contributed by atoms with Gasteiger partial charge < -0.3 is 9.13 Å². The molecule has 2 heterocycles. The second-order valence-corrected chi connectivity index (χ2v) is 15.4. The van der Waals surface area contributed by atoms with E-state index in [1.165, 1.54) is 99.2 Å². The minimum atomic E-state index is 1.09. The minimum absolute atomic E-state index is 1.09. The molecule has 1 aliphatic carbocycles. The smallest absolute Gasteiger partial charge is 0.0541 e. The van der Waals surface area contributed by atoms with E-state index < -0.39 is 0 Å². The number of aromatic nitrogens is 2. The second-order valence-electron chi connectivity index (χ2n) is 15.4. The monoisotopic (exact) mass is 736 g/mol. The normalized spacial score (nSPS) is 12.2. The number of nitrogens with zero attached hydrogens (tertiary/aromatic N) is 2. The van der Waals surface area contributed by atoms with Crippen LogP contribution in [0.3, 0.4) is 0 Å². The summed E-state index contributed by atoms with van der Waals surface area (Å²) in [4.78, 5) is 0. The molecule has 2 nitrogen and oxygen atoms in total. The Labute approximate surface area is 336 Å². The van der Waals surface area contributed by atoms with Gasteiger partial charge in [0.2, 0.25) is 0 Å². The van der Waals surface area contributed by atoms with Crippen LogP contribution in [0.5, 0.6) is 0 Å². The maximum Gasteiger partial charge on any atom is 0.0541 e. The minimum Gasteiger partial charge on any atom is -0.309 e. The summed E-state index contributed by atoms with van der Waals surface area (Å²) in [5.74, 6) is 0. The SMILES string of the molecule is C=C1c2ccccc2-c2ccc(-n3c4ccccc4c4cc(-c5ccc(-c6ccc7c(c6)c6ccccc6n7-c6ccc(-c7ccccc7)cc6)cc5)ccc43)cc21. The largest absolute Gasteiger partial charge is 0.309 e. The quantitative estimate of drug-likeness (QED) is 0.167. The van der Waals surface area contributed by atoms with Gasteiger partial charge in [0.1, 0.15) is 0 Å². The molecule has 58 heavy (non-hydrogen) atoms. The molecule has 0 saturated carbocycles. The molecule has 12 rings (SSSR count). The molecular weight excluding hydrogens is 701 g/mol. The Morgan fingerprint density at radius 3 is 1.29 bits per heavy atom. The Balaban J connectivity index is 0.897. The molecule has 0 spiro atoms. The summed E-state index contributed by atoms with van der Waals surface area (Å²) in [5, 5.41) is 5.00. The topological polar surface area (TPSA) is 9.86 Å². The van der Waals surface area contributed by atoms with E-state index in [4.69, 9.17) is 0 Å². The number of fused-ring (bicyclic) bond motifs is 9. The van der Waals surface area contributed by atoms with Gasteiger partial charge in [0.15, 0.2) is 0 Å². The molecular formula is C56H36N2. The Kier molecular flexibility index (Phi) is 7.11. The fourth-order valence-corrected chi connectivity index (χ4v) is 9.43. The van der Waals surface area contributed by atoms with Crippen LogP contribution < -0.4 is 0 Å². The van der Waals surface area contributed by atoms with Crippen molar-refractivity contribution in [3.05, 3.63) is 224 Å². The predicted molar refractivity (Wildman–Crippen MR) is 245 cm³/mol. The molecule has 0 saturated heterocycles. The van der Waals surface area contributed by atoms with Crippen LogP contribution in [0.2, 0.25) is 0 Å². The zero-order chi connectivity index (χ0) is 38.3. The van der Waals surface area contributed by atoms with Crippen LogP contribution in [0.1, 0.15) is 11.1 Å². The molecule has 0 amide bonds. The van der Waals surface area contributed by atoms with Crippen molar-refractivity contribution in [3.8, 4) is 55.9 Å². The zero-order valence-electron chi connectivity index (χ0n) is 31.7. The van der Waals surface area contributed by atoms with E-state index >= 15 is 0 Å². The molecule has 0 N–H and O–H groups in total. The van der Waals surface area contributed by atoms with Gasteiger partial charge in [0.25, 0.3) is 0 Å². The van der Waals surface area contributed by atoms with E-state index in [1.807, 2.05) is 0 Å². The summed E-state index contributed by atoms with van der Waals surface area (Å²) in [6, 6.07) is 75.3. The standard InChI is InChI=1S/C56H36N2/c1-36-45-13-5-6-14-46(45)47-30-29-44(35-50(36)47)58-54-18-10-8-16-49(54)52-34-42(26-32-56(52)58)40-21-19-39(20-22-40)41-25-31-55-51(33-41)48-15-7-9-17-53(48)57(55)43-27-23-38(24-28-43)37-11-3-2-4-12-37/h2-35H,1H2. The highest BCUT2D eigenvalue weighted by Gasteiger charge is 2.23. The molecule has 0 unspecified atom stereocenters. The van der Waals surface area contributed by atoms with Crippen LogP contribution in [-0.4, -0.2) is 9.13 Å². The first-order chi connectivity index (χ1) is 28.7. The summed E-state index contributed by atoms with van der Waals surface area (Å²) >= 11 is 0. The Morgan fingerprint density at radius 2 is 0.672 bits per heavy atom. The molecule has 0 fully saturated rings. The number of para-hydroxylation sites is 2. The Morgan fingerprint density at radius 1 is 0.259 bits per heavy atom. The number of hydrogen-bond acceptors (Lipinski definition) is 0.